The van der Waals surface area contributed by atoms with Gasteiger partial charge in [0.15, 0.2) is 5.75 Å². The molecule has 9 nitrogen and oxygen atoms in total. The Balaban J connectivity index is 1.39. The topological polar surface area (TPSA) is 95.3 Å². The van der Waals surface area contributed by atoms with Crippen molar-refractivity contribution in [2.45, 2.75) is 20.0 Å². The van der Waals surface area contributed by atoms with Crippen molar-refractivity contribution in [2.24, 2.45) is 0 Å². The van der Waals surface area contributed by atoms with Crippen LogP contribution in [0.4, 0.5) is 5.69 Å². The van der Waals surface area contributed by atoms with Crippen LogP contribution in [0.1, 0.15) is 27.3 Å². The van der Waals surface area contributed by atoms with Crippen molar-refractivity contribution in [2.75, 3.05) is 19.1 Å². The first-order chi connectivity index (χ1) is 16.1. The fourth-order valence-electron chi connectivity index (χ4n) is 3.86. The number of carbonyl (C=O) groups is 1. The Morgan fingerprint density at radius 1 is 1.09 bits per heavy atom. The zero-order valence-corrected chi connectivity index (χ0v) is 18.5. The van der Waals surface area contributed by atoms with Gasteiger partial charge >= 0.3 is 0 Å². The second-order valence-corrected chi connectivity index (χ2v) is 7.66. The highest BCUT2D eigenvalue weighted by Crippen LogP contribution is 2.32. The minimum Gasteiger partial charge on any atom is -0.491 e. The number of rotatable bonds is 6. The molecule has 5 rings (SSSR count). The number of hydrogen-bond donors (Lipinski definition) is 0. The summed E-state index contributed by atoms with van der Waals surface area (Å²) in [5.74, 6) is 0.833. The number of methoxy groups -OCH3 is 2. The third-order valence-corrected chi connectivity index (χ3v) is 5.66. The Bertz CT molecular complexity index is 1350. The number of anilines is 1. The van der Waals surface area contributed by atoms with Gasteiger partial charge in [-0.3, -0.25) is 24.3 Å². The molecule has 0 aliphatic carbocycles. The van der Waals surface area contributed by atoms with Gasteiger partial charge in [0.2, 0.25) is 0 Å². The molecule has 0 N–H and O–H groups in total. The summed E-state index contributed by atoms with van der Waals surface area (Å²) in [7, 11) is 3.10. The Labute approximate surface area is 190 Å². The van der Waals surface area contributed by atoms with Crippen molar-refractivity contribution in [3.8, 4) is 22.9 Å². The van der Waals surface area contributed by atoms with Crippen molar-refractivity contribution in [1.82, 2.24) is 24.7 Å². The maximum atomic E-state index is 13.0. The maximum Gasteiger partial charge on any atom is 0.260 e. The number of aryl methyl sites for hydroxylation is 1. The van der Waals surface area contributed by atoms with Crippen molar-refractivity contribution in [1.29, 1.82) is 0 Å². The van der Waals surface area contributed by atoms with Crippen molar-refractivity contribution < 1.29 is 14.3 Å². The fourth-order valence-corrected chi connectivity index (χ4v) is 3.86. The zero-order valence-electron chi connectivity index (χ0n) is 18.5. The fraction of sp³-hybridized carbons (Fsp3) is 0.208. The average Bonchev–Trinajstić information content (AvgIpc) is 3.44. The zero-order chi connectivity index (χ0) is 22.9. The van der Waals surface area contributed by atoms with E-state index in [4.69, 9.17) is 14.5 Å². The molecule has 166 valence electrons. The summed E-state index contributed by atoms with van der Waals surface area (Å²) in [4.78, 5) is 28.1. The van der Waals surface area contributed by atoms with E-state index in [9.17, 15) is 4.79 Å². The lowest BCUT2D eigenvalue weighted by molar-refractivity contribution is 0.0996. The van der Waals surface area contributed by atoms with Crippen molar-refractivity contribution in [3.63, 3.8) is 0 Å². The number of hydrogen-bond acceptors (Lipinski definition) is 7. The normalized spacial score (nSPS) is 12.7. The number of carbonyl (C=O) groups excluding carboxylic acids is 1. The first-order valence-electron chi connectivity index (χ1n) is 10.4. The van der Waals surface area contributed by atoms with Gasteiger partial charge in [-0.15, -0.1) is 0 Å². The number of ether oxygens (including phenoxy) is 2. The molecule has 0 aromatic carbocycles. The molecule has 0 fully saturated rings. The van der Waals surface area contributed by atoms with Crippen LogP contribution in [0.15, 0.2) is 55.1 Å². The number of aromatic nitrogens is 5. The van der Waals surface area contributed by atoms with E-state index in [2.05, 4.69) is 15.1 Å². The predicted molar refractivity (Wildman–Crippen MR) is 121 cm³/mol. The van der Waals surface area contributed by atoms with Gasteiger partial charge < -0.3 is 9.47 Å². The third kappa shape index (κ3) is 3.78. The molecule has 5 heterocycles. The van der Waals surface area contributed by atoms with Crippen LogP contribution in [-0.4, -0.2) is 44.9 Å². The number of nitrogens with zero attached hydrogens (tertiary/aromatic N) is 6. The summed E-state index contributed by atoms with van der Waals surface area (Å²) in [6.45, 7) is 2.93. The predicted octanol–water partition coefficient (Wildman–Crippen LogP) is 3.27. The minimum absolute atomic E-state index is 0.0911. The lowest BCUT2D eigenvalue weighted by Crippen LogP contribution is -2.22. The average molecular weight is 442 g/mol. The number of amides is 1. The highest BCUT2D eigenvalue weighted by molar-refractivity contribution is 6.09. The second kappa shape index (κ2) is 8.34. The monoisotopic (exact) mass is 442 g/mol. The number of pyridine rings is 3. The standard InChI is InChI=1S/C24H22N6O3/c1-15-16(5-4-8-25-15)12-29-13-18(11-27-29)30-14-21-19(24(30)31)6-7-20(28-21)17-9-22(32-2)23(33-3)26-10-17/h4-11,13H,12,14H2,1-3H3. The van der Waals surface area contributed by atoms with E-state index in [0.29, 0.717) is 41.7 Å². The maximum absolute atomic E-state index is 13.0. The minimum atomic E-state index is -0.0911. The van der Waals surface area contributed by atoms with E-state index >= 15 is 0 Å². The van der Waals surface area contributed by atoms with Crippen LogP contribution in [0.5, 0.6) is 11.6 Å². The van der Waals surface area contributed by atoms with Crippen LogP contribution in [-0.2, 0) is 13.1 Å². The van der Waals surface area contributed by atoms with Crippen LogP contribution in [0.3, 0.4) is 0 Å². The van der Waals surface area contributed by atoms with Gasteiger partial charge in [0.25, 0.3) is 11.8 Å². The molecule has 0 saturated carbocycles. The molecular formula is C24H22N6O3. The van der Waals surface area contributed by atoms with E-state index < -0.39 is 0 Å². The van der Waals surface area contributed by atoms with Gasteiger partial charge in [-0.2, -0.15) is 5.10 Å². The molecule has 0 atom stereocenters. The molecule has 0 unspecified atom stereocenters. The molecule has 33 heavy (non-hydrogen) atoms. The highest BCUT2D eigenvalue weighted by atomic mass is 16.5. The molecule has 1 aliphatic heterocycles. The van der Waals surface area contributed by atoms with Crippen LogP contribution < -0.4 is 14.4 Å². The van der Waals surface area contributed by atoms with Gasteiger partial charge in [-0.25, -0.2) is 4.98 Å². The van der Waals surface area contributed by atoms with Gasteiger partial charge in [0.05, 0.1) is 56.1 Å². The second-order valence-electron chi connectivity index (χ2n) is 7.66. The van der Waals surface area contributed by atoms with Gasteiger partial charge in [-0.1, -0.05) is 6.07 Å². The SMILES string of the molecule is COc1cc(-c2ccc3c(n2)CN(c2cnn(Cc4cccnc4C)c2)C3=O)cnc1OC. The third-order valence-electron chi connectivity index (χ3n) is 5.66. The first-order valence-corrected chi connectivity index (χ1v) is 10.4. The summed E-state index contributed by atoms with van der Waals surface area (Å²) in [5, 5.41) is 4.44. The Morgan fingerprint density at radius 2 is 1.97 bits per heavy atom. The van der Waals surface area contributed by atoms with E-state index in [0.717, 1.165) is 22.5 Å². The molecule has 9 heteroatoms. The summed E-state index contributed by atoms with van der Waals surface area (Å²) >= 11 is 0. The van der Waals surface area contributed by atoms with Crippen molar-refractivity contribution >= 4 is 11.6 Å². The van der Waals surface area contributed by atoms with E-state index in [-0.39, 0.29) is 5.91 Å². The van der Waals surface area contributed by atoms with Gasteiger partial charge in [-0.05, 0) is 36.8 Å². The summed E-state index contributed by atoms with van der Waals surface area (Å²) in [5.41, 5.74) is 5.55. The summed E-state index contributed by atoms with van der Waals surface area (Å²) in [6.07, 6.45) is 7.02. The van der Waals surface area contributed by atoms with Crippen LogP contribution in [0, 0.1) is 6.92 Å². The number of fused-ring (bicyclic) bond motifs is 1. The molecule has 4 aromatic heterocycles. The Morgan fingerprint density at radius 3 is 2.76 bits per heavy atom. The summed E-state index contributed by atoms with van der Waals surface area (Å²) < 4.78 is 12.4. The molecule has 1 aliphatic rings. The molecule has 1 amide bonds. The van der Waals surface area contributed by atoms with E-state index in [1.54, 1.807) is 43.8 Å². The quantitative estimate of drug-likeness (QED) is 0.452. The molecular weight excluding hydrogens is 420 g/mol. The highest BCUT2D eigenvalue weighted by Gasteiger charge is 2.31. The molecule has 4 aromatic rings. The van der Waals surface area contributed by atoms with Crippen LogP contribution in [0.2, 0.25) is 0 Å². The Kier molecular flexibility index (Phi) is 5.21. The van der Waals surface area contributed by atoms with Gasteiger partial charge in [0, 0.05) is 29.8 Å². The van der Waals surface area contributed by atoms with Crippen LogP contribution >= 0.6 is 0 Å². The molecule has 0 spiro atoms. The first kappa shape index (κ1) is 20.6. The van der Waals surface area contributed by atoms with E-state index in [1.165, 1.54) is 0 Å². The molecule has 0 radical (unpaired) electrons. The van der Waals surface area contributed by atoms with Gasteiger partial charge in [0.1, 0.15) is 0 Å². The Hall–Kier alpha value is -4.27. The largest absolute Gasteiger partial charge is 0.491 e. The lowest BCUT2D eigenvalue weighted by atomic mass is 10.1. The van der Waals surface area contributed by atoms with Crippen LogP contribution in [0.25, 0.3) is 11.3 Å². The van der Waals surface area contributed by atoms with E-state index in [1.807, 2.05) is 42.1 Å². The smallest absolute Gasteiger partial charge is 0.260 e. The van der Waals surface area contributed by atoms with Crippen molar-refractivity contribution in [3.05, 3.63) is 77.6 Å². The molecule has 0 saturated heterocycles. The molecule has 0 bridgehead atoms. The lowest BCUT2D eigenvalue weighted by Gasteiger charge is -2.12. The summed E-state index contributed by atoms with van der Waals surface area (Å²) in [6, 6.07) is 9.37.